The number of aliphatic hydroxyl groups is 1. The molecule has 6 rings (SSSR count). The van der Waals surface area contributed by atoms with Gasteiger partial charge in [-0.1, -0.05) is 78.5 Å². The summed E-state index contributed by atoms with van der Waals surface area (Å²) in [7, 11) is 1.93. The van der Waals surface area contributed by atoms with E-state index in [-0.39, 0.29) is 24.7 Å². The minimum Gasteiger partial charge on any atom is -0.392 e. The van der Waals surface area contributed by atoms with E-state index in [1.807, 2.05) is 60.1 Å². The summed E-state index contributed by atoms with van der Waals surface area (Å²) in [5, 5.41) is 21.5. The Kier molecular flexibility index (Phi) is 9.43. The average Bonchev–Trinajstić information content (AvgIpc) is 3.51. The van der Waals surface area contributed by atoms with Crippen molar-refractivity contribution in [2.24, 2.45) is 7.05 Å². The fourth-order valence-electron chi connectivity index (χ4n) is 5.07. The first kappa shape index (κ1) is 29.7. The number of nitrogens with one attached hydrogen (secondary N) is 1. The molecule has 0 unspecified atom stereocenters. The van der Waals surface area contributed by atoms with Gasteiger partial charge >= 0.3 is 0 Å². The third-order valence-electron chi connectivity index (χ3n) is 7.50. The molecule has 10 heteroatoms. The van der Waals surface area contributed by atoms with Gasteiger partial charge in [0.05, 0.1) is 24.4 Å². The van der Waals surface area contributed by atoms with Crippen LogP contribution in [0.1, 0.15) is 51.4 Å². The Hall–Kier alpha value is -4.35. The van der Waals surface area contributed by atoms with Gasteiger partial charge < -0.3 is 24.5 Å². The first-order valence-electron chi connectivity index (χ1n) is 14.4. The van der Waals surface area contributed by atoms with Gasteiger partial charge in [0.1, 0.15) is 6.33 Å². The molecule has 9 nitrogen and oxygen atoms in total. The molecule has 2 N–H and O–H groups in total. The number of aromatic nitrogens is 4. The minimum absolute atomic E-state index is 0.00377. The molecule has 224 valence electrons. The van der Waals surface area contributed by atoms with E-state index in [2.05, 4.69) is 44.8 Å². The number of aliphatic hydroxyl groups excluding tert-OH is 1. The maximum Gasteiger partial charge on any atom is 0.253 e. The predicted molar refractivity (Wildman–Crippen MR) is 167 cm³/mol. The molecule has 5 aromatic rings. The Morgan fingerprint density at radius 1 is 0.977 bits per heavy atom. The highest BCUT2D eigenvalue weighted by Gasteiger charge is 2.32. The largest absolute Gasteiger partial charge is 0.392 e. The van der Waals surface area contributed by atoms with Crippen molar-refractivity contribution in [1.82, 2.24) is 25.1 Å². The second-order valence-electron chi connectivity index (χ2n) is 10.6. The molecule has 0 spiro atoms. The van der Waals surface area contributed by atoms with Crippen LogP contribution in [0.3, 0.4) is 0 Å². The van der Waals surface area contributed by atoms with E-state index in [1.54, 1.807) is 42.6 Å². The van der Waals surface area contributed by atoms with Crippen LogP contribution in [0, 0.1) is 0 Å². The number of amides is 1. The Morgan fingerprint density at radius 2 is 1.80 bits per heavy atom. The van der Waals surface area contributed by atoms with E-state index in [1.165, 1.54) is 0 Å². The van der Waals surface area contributed by atoms with Crippen LogP contribution in [0.5, 0.6) is 0 Å². The Bertz CT molecular complexity index is 1680. The number of aryl methyl sites for hydroxylation is 1. The van der Waals surface area contributed by atoms with Gasteiger partial charge in [-0.3, -0.25) is 9.78 Å². The van der Waals surface area contributed by atoms with E-state index in [0.717, 1.165) is 38.5 Å². The van der Waals surface area contributed by atoms with E-state index in [4.69, 9.17) is 9.47 Å². The lowest BCUT2D eigenvalue weighted by Crippen LogP contribution is -2.31. The number of hydrogen-bond acceptors (Lipinski definition) is 8. The standard InChI is InChI=1S/C34H33N5O4S/c1-39-22-37-38-34(39)44-21-30-17-31(26-9-7-23(20-40)8-10-26)43-33(42-30)27-13-11-25(12-14-27)28-5-2-4-24(16-28)18-36-32(41)29-6-3-15-35-19-29/h2-16,19,22,30-31,33,40H,17-18,20-21H2,1H3,(H,36,41)/t30-,31+,33+/m1/s1. The third kappa shape index (κ3) is 7.23. The van der Waals surface area contributed by atoms with Gasteiger partial charge in [0.25, 0.3) is 5.91 Å². The smallest absolute Gasteiger partial charge is 0.253 e. The van der Waals surface area contributed by atoms with Crippen LogP contribution in [-0.2, 0) is 29.7 Å². The third-order valence-corrected chi connectivity index (χ3v) is 8.67. The maximum absolute atomic E-state index is 12.4. The number of nitrogens with zero attached hydrogens (tertiary/aromatic N) is 4. The summed E-state index contributed by atoms with van der Waals surface area (Å²) >= 11 is 1.61. The molecule has 1 saturated heterocycles. The predicted octanol–water partition coefficient (Wildman–Crippen LogP) is 5.64. The van der Waals surface area contributed by atoms with Crippen molar-refractivity contribution >= 4 is 17.7 Å². The molecule has 1 aliphatic heterocycles. The van der Waals surface area contributed by atoms with Crippen LogP contribution in [-0.4, -0.2) is 42.6 Å². The van der Waals surface area contributed by atoms with E-state index < -0.39 is 6.29 Å². The van der Waals surface area contributed by atoms with Gasteiger partial charge in [-0.05, 0) is 46.0 Å². The summed E-state index contributed by atoms with van der Waals surface area (Å²) in [6.45, 7) is 0.418. The molecule has 3 atom stereocenters. The quantitative estimate of drug-likeness (QED) is 0.196. The summed E-state index contributed by atoms with van der Waals surface area (Å²) in [6.07, 6.45) is 4.81. The van der Waals surface area contributed by atoms with Crippen LogP contribution >= 0.6 is 11.8 Å². The number of carbonyl (C=O) groups excluding carboxylic acids is 1. The summed E-state index contributed by atoms with van der Waals surface area (Å²) in [6, 6.07) is 27.7. The number of rotatable bonds is 10. The number of carbonyl (C=O) groups is 1. The number of hydrogen-bond donors (Lipinski definition) is 2. The lowest BCUT2D eigenvalue weighted by molar-refractivity contribution is -0.245. The van der Waals surface area contributed by atoms with Crippen molar-refractivity contribution in [2.75, 3.05) is 5.75 Å². The van der Waals surface area contributed by atoms with Gasteiger partial charge in [0.15, 0.2) is 11.4 Å². The number of thioether (sulfide) groups is 1. The van der Waals surface area contributed by atoms with E-state index in [0.29, 0.717) is 24.3 Å². The molecule has 1 fully saturated rings. The first-order valence-corrected chi connectivity index (χ1v) is 15.4. The summed E-state index contributed by atoms with van der Waals surface area (Å²) < 4.78 is 14.9. The first-order chi connectivity index (χ1) is 21.6. The van der Waals surface area contributed by atoms with Crippen molar-refractivity contribution in [3.05, 3.63) is 131 Å². The lowest BCUT2D eigenvalue weighted by Gasteiger charge is -2.36. The van der Waals surface area contributed by atoms with Crippen molar-refractivity contribution in [3.63, 3.8) is 0 Å². The average molecular weight is 608 g/mol. The van der Waals surface area contributed by atoms with Crippen molar-refractivity contribution in [2.45, 2.75) is 43.2 Å². The van der Waals surface area contributed by atoms with Crippen LogP contribution < -0.4 is 5.32 Å². The van der Waals surface area contributed by atoms with Crippen molar-refractivity contribution < 1.29 is 19.4 Å². The topological polar surface area (TPSA) is 111 Å². The summed E-state index contributed by atoms with van der Waals surface area (Å²) in [4.78, 5) is 16.5. The Balaban J connectivity index is 1.16. The van der Waals surface area contributed by atoms with Gasteiger partial charge in [-0.2, -0.15) is 0 Å². The molecule has 0 bridgehead atoms. The minimum atomic E-state index is -0.542. The van der Waals surface area contributed by atoms with Crippen LogP contribution in [0.25, 0.3) is 11.1 Å². The fourth-order valence-corrected chi connectivity index (χ4v) is 5.97. The van der Waals surface area contributed by atoms with Crippen LogP contribution in [0.2, 0.25) is 0 Å². The van der Waals surface area contributed by atoms with E-state index in [9.17, 15) is 9.90 Å². The number of pyridine rings is 1. The molecule has 1 aliphatic rings. The Morgan fingerprint density at radius 3 is 2.52 bits per heavy atom. The normalized spacial score (nSPS) is 18.2. The van der Waals surface area contributed by atoms with Crippen molar-refractivity contribution in [3.8, 4) is 11.1 Å². The SMILES string of the molecule is Cn1cnnc1SC[C@H]1C[C@@H](c2ccc(CO)cc2)O[C@@H](c2ccc(-c3cccc(CNC(=O)c4cccnc4)c3)cc2)O1. The molecule has 1 amide bonds. The molecular weight excluding hydrogens is 574 g/mol. The summed E-state index contributed by atoms with van der Waals surface area (Å²) in [5.74, 6) is 0.552. The molecule has 0 saturated carbocycles. The molecule has 44 heavy (non-hydrogen) atoms. The molecule has 0 radical (unpaired) electrons. The molecule has 0 aliphatic carbocycles. The highest BCUT2D eigenvalue weighted by Crippen LogP contribution is 2.39. The molecule has 2 aromatic heterocycles. The lowest BCUT2D eigenvalue weighted by atomic mass is 9.99. The second kappa shape index (κ2) is 14.0. The second-order valence-corrected chi connectivity index (χ2v) is 11.6. The van der Waals surface area contributed by atoms with Gasteiger partial charge in [-0.25, -0.2) is 0 Å². The zero-order valence-corrected chi connectivity index (χ0v) is 25.1. The Labute approximate surface area is 260 Å². The number of ether oxygens (including phenoxy) is 2. The summed E-state index contributed by atoms with van der Waals surface area (Å²) in [5.41, 5.74) is 6.48. The zero-order chi connectivity index (χ0) is 30.3. The highest BCUT2D eigenvalue weighted by molar-refractivity contribution is 7.99. The molecule has 3 aromatic carbocycles. The van der Waals surface area contributed by atoms with Crippen LogP contribution in [0.15, 0.2) is 109 Å². The van der Waals surface area contributed by atoms with Gasteiger partial charge in [0.2, 0.25) is 0 Å². The van der Waals surface area contributed by atoms with E-state index >= 15 is 0 Å². The van der Waals surface area contributed by atoms with Crippen LogP contribution in [0.4, 0.5) is 0 Å². The number of benzene rings is 3. The fraction of sp³-hybridized carbons (Fsp3) is 0.235. The van der Waals surface area contributed by atoms with Gasteiger partial charge in [-0.15, -0.1) is 10.2 Å². The highest BCUT2D eigenvalue weighted by atomic mass is 32.2. The zero-order valence-electron chi connectivity index (χ0n) is 24.2. The van der Waals surface area contributed by atoms with Crippen molar-refractivity contribution in [1.29, 1.82) is 0 Å². The monoisotopic (exact) mass is 607 g/mol. The van der Waals surface area contributed by atoms with Gasteiger partial charge in [0, 0.05) is 43.7 Å². The molecular formula is C34H33N5O4S. The molecule has 3 heterocycles. The maximum atomic E-state index is 12.4.